The van der Waals surface area contributed by atoms with Crippen molar-refractivity contribution in [1.29, 1.82) is 0 Å². The summed E-state index contributed by atoms with van der Waals surface area (Å²) in [5.41, 5.74) is 0.283. The van der Waals surface area contributed by atoms with Crippen molar-refractivity contribution >= 4 is 17.5 Å². The first-order chi connectivity index (χ1) is 9.50. The van der Waals surface area contributed by atoms with Crippen molar-refractivity contribution in [2.24, 2.45) is 0 Å². The van der Waals surface area contributed by atoms with Gasteiger partial charge in [-0.15, -0.1) is 0 Å². The Bertz CT molecular complexity index is 618. The van der Waals surface area contributed by atoms with Crippen molar-refractivity contribution in [1.82, 2.24) is 5.32 Å². The standard InChI is InChI=1S/C14H13NO5/c16-10-4-1-3-8-13(10)11(17)7-9(14(8)20)15-6-2-5-12(18)19/h1,3-4,7,15-16H,2,5-6H2,(H,18,19). The van der Waals surface area contributed by atoms with Gasteiger partial charge in [-0.25, -0.2) is 0 Å². The molecule has 3 N–H and O–H groups in total. The average Bonchev–Trinajstić information content (AvgIpc) is 2.39. The minimum atomic E-state index is -0.915. The van der Waals surface area contributed by atoms with E-state index >= 15 is 0 Å². The van der Waals surface area contributed by atoms with E-state index in [-0.39, 0.29) is 41.3 Å². The first kappa shape index (κ1) is 13.8. The van der Waals surface area contributed by atoms with Crippen LogP contribution in [-0.4, -0.2) is 34.3 Å². The Morgan fingerprint density at radius 2 is 2.00 bits per heavy atom. The fourth-order valence-electron chi connectivity index (χ4n) is 2.00. The van der Waals surface area contributed by atoms with Gasteiger partial charge in [-0.3, -0.25) is 14.4 Å². The molecule has 0 spiro atoms. The van der Waals surface area contributed by atoms with Crippen molar-refractivity contribution in [3.8, 4) is 5.75 Å². The molecule has 0 fully saturated rings. The number of aromatic hydroxyl groups is 1. The Balaban J connectivity index is 2.13. The molecular weight excluding hydrogens is 262 g/mol. The maximum Gasteiger partial charge on any atom is 0.303 e. The van der Waals surface area contributed by atoms with Crippen molar-refractivity contribution in [2.45, 2.75) is 12.8 Å². The Hall–Kier alpha value is -2.63. The third-order valence-electron chi connectivity index (χ3n) is 2.94. The lowest BCUT2D eigenvalue weighted by Gasteiger charge is -2.17. The summed E-state index contributed by atoms with van der Waals surface area (Å²) < 4.78 is 0. The number of aliphatic carboxylic acids is 1. The summed E-state index contributed by atoms with van der Waals surface area (Å²) in [5, 5.41) is 20.9. The molecule has 104 valence electrons. The molecule has 1 aliphatic rings. The molecule has 1 aliphatic carbocycles. The van der Waals surface area contributed by atoms with Crippen LogP contribution in [0.4, 0.5) is 0 Å². The molecule has 0 radical (unpaired) electrons. The number of fused-ring (bicyclic) bond motifs is 1. The Kier molecular flexibility index (Phi) is 3.84. The second-order valence-corrected chi connectivity index (χ2v) is 4.38. The van der Waals surface area contributed by atoms with Gasteiger partial charge in [0, 0.05) is 24.6 Å². The van der Waals surface area contributed by atoms with E-state index in [0.717, 1.165) is 6.08 Å². The number of hydrogen-bond acceptors (Lipinski definition) is 5. The van der Waals surface area contributed by atoms with Gasteiger partial charge in [0.2, 0.25) is 5.78 Å². The van der Waals surface area contributed by atoms with E-state index in [1.165, 1.54) is 18.2 Å². The topological polar surface area (TPSA) is 104 Å². The number of rotatable bonds is 5. The van der Waals surface area contributed by atoms with Crippen LogP contribution in [0.1, 0.15) is 33.6 Å². The zero-order valence-electron chi connectivity index (χ0n) is 10.5. The fraction of sp³-hybridized carbons (Fsp3) is 0.214. The number of carbonyl (C=O) groups is 3. The number of allylic oxidation sites excluding steroid dienone is 2. The van der Waals surface area contributed by atoms with E-state index in [4.69, 9.17) is 5.11 Å². The number of nitrogens with one attached hydrogen (secondary N) is 1. The first-order valence-corrected chi connectivity index (χ1v) is 6.09. The normalized spacial score (nSPS) is 13.7. The van der Waals surface area contributed by atoms with Crippen LogP contribution in [0.2, 0.25) is 0 Å². The number of ketones is 2. The highest BCUT2D eigenvalue weighted by atomic mass is 16.4. The molecule has 1 aromatic carbocycles. The third-order valence-corrected chi connectivity index (χ3v) is 2.94. The molecule has 0 saturated carbocycles. The quantitative estimate of drug-likeness (QED) is 0.695. The summed E-state index contributed by atoms with van der Waals surface area (Å²) in [6.45, 7) is 0.283. The number of hydrogen-bond donors (Lipinski definition) is 3. The maximum atomic E-state index is 12.1. The summed E-state index contributed by atoms with van der Waals surface area (Å²) in [6.07, 6.45) is 1.46. The summed E-state index contributed by atoms with van der Waals surface area (Å²) in [7, 11) is 0. The van der Waals surface area contributed by atoms with Gasteiger partial charge in [-0.1, -0.05) is 6.07 Å². The number of carbonyl (C=O) groups excluding carboxylic acids is 2. The molecule has 0 heterocycles. The van der Waals surface area contributed by atoms with Gasteiger partial charge >= 0.3 is 5.97 Å². The van der Waals surface area contributed by atoms with Crippen molar-refractivity contribution < 1.29 is 24.6 Å². The van der Waals surface area contributed by atoms with E-state index < -0.39 is 11.8 Å². The minimum Gasteiger partial charge on any atom is -0.507 e. The molecule has 0 bridgehead atoms. The molecule has 20 heavy (non-hydrogen) atoms. The van der Waals surface area contributed by atoms with Crippen LogP contribution < -0.4 is 5.32 Å². The summed E-state index contributed by atoms with van der Waals surface area (Å²) >= 11 is 0. The predicted octanol–water partition coefficient (Wildman–Crippen LogP) is 1.11. The Morgan fingerprint density at radius 3 is 2.70 bits per heavy atom. The molecule has 0 aliphatic heterocycles. The van der Waals surface area contributed by atoms with Gasteiger partial charge in [0.15, 0.2) is 5.78 Å². The van der Waals surface area contributed by atoms with Crippen molar-refractivity contribution in [3.63, 3.8) is 0 Å². The van der Waals surface area contributed by atoms with Crippen molar-refractivity contribution in [2.75, 3.05) is 6.54 Å². The van der Waals surface area contributed by atoms with E-state index in [0.29, 0.717) is 6.42 Å². The lowest BCUT2D eigenvalue weighted by molar-refractivity contribution is -0.137. The van der Waals surface area contributed by atoms with Crippen LogP contribution in [0.5, 0.6) is 5.75 Å². The molecule has 6 nitrogen and oxygen atoms in total. The van der Waals surface area contributed by atoms with Gasteiger partial charge in [-0.2, -0.15) is 0 Å². The van der Waals surface area contributed by atoms with Crippen LogP contribution in [0.3, 0.4) is 0 Å². The number of phenols is 1. The SMILES string of the molecule is O=C(O)CCCNC1=CC(=O)c2c(O)cccc2C1=O. The highest BCUT2D eigenvalue weighted by Crippen LogP contribution is 2.27. The molecule has 0 atom stereocenters. The van der Waals surface area contributed by atoms with E-state index in [2.05, 4.69) is 5.32 Å². The number of phenolic OH excluding ortho intramolecular Hbond substituents is 1. The molecule has 0 saturated heterocycles. The van der Waals surface area contributed by atoms with Crippen LogP contribution >= 0.6 is 0 Å². The van der Waals surface area contributed by atoms with Crippen LogP contribution in [-0.2, 0) is 4.79 Å². The molecule has 0 aromatic heterocycles. The Morgan fingerprint density at radius 1 is 1.25 bits per heavy atom. The van der Waals surface area contributed by atoms with Gasteiger partial charge in [0.25, 0.3) is 0 Å². The van der Waals surface area contributed by atoms with Gasteiger partial charge in [0.05, 0.1) is 11.3 Å². The molecule has 2 rings (SSSR count). The van der Waals surface area contributed by atoms with Crippen molar-refractivity contribution in [3.05, 3.63) is 41.1 Å². The Labute approximate surface area is 114 Å². The second kappa shape index (κ2) is 5.56. The zero-order chi connectivity index (χ0) is 14.7. The number of benzene rings is 1. The summed E-state index contributed by atoms with van der Waals surface area (Å²) in [4.78, 5) is 34.4. The highest BCUT2D eigenvalue weighted by Gasteiger charge is 2.27. The molecule has 0 amide bonds. The van der Waals surface area contributed by atoms with Gasteiger partial charge < -0.3 is 15.5 Å². The number of carboxylic acid groups (broad SMARTS) is 1. The van der Waals surface area contributed by atoms with E-state index in [1.54, 1.807) is 0 Å². The maximum absolute atomic E-state index is 12.1. The highest BCUT2D eigenvalue weighted by molar-refractivity contribution is 6.25. The van der Waals surface area contributed by atoms with Gasteiger partial charge in [-0.05, 0) is 18.6 Å². The van der Waals surface area contributed by atoms with E-state index in [9.17, 15) is 19.5 Å². The predicted molar refractivity (Wildman–Crippen MR) is 69.7 cm³/mol. The smallest absolute Gasteiger partial charge is 0.303 e. The summed E-state index contributed by atoms with van der Waals surface area (Å²) in [5.74, 6) is -1.96. The lowest BCUT2D eigenvalue weighted by atomic mass is 9.92. The largest absolute Gasteiger partial charge is 0.507 e. The van der Waals surface area contributed by atoms with Crippen LogP contribution in [0, 0.1) is 0 Å². The first-order valence-electron chi connectivity index (χ1n) is 6.09. The van der Waals surface area contributed by atoms with Crippen LogP contribution in [0.15, 0.2) is 30.0 Å². The number of carboxylic acids is 1. The van der Waals surface area contributed by atoms with E-state index in [1.807, 2.05) is 0 Å². The van der Waals surface area contributed by atoms with Gasteiger partial charge in [0.1, 0.15) is 5.75 Å². The second-order valence-electron chi connectivity index (χ2n) is 4.38. The molecule has 6 heteroatoms. The monoisotopic (exact) mass is 275 g/mol. The average molecular weight is 275 g/mol. The summed E-state index contributed by atoms with van der Waals surface area (Å²) in [6, 6.07) is 4.32. The molecule has 0 unspecified atom stereocenters. The lowest BCUT2D eigenvalue weighted by Crippen LogP contribution is -2.27. The number of Topliss-reactive ketones (excluding diaryl/α,β-unsaturated/α-hetero) is 1. The molecule has 1 aromatic rings. The van der Waals surface area contributed by atoms with Crippen LogP contribution in [0.25, 0.3) is 0 Å². The third kappa shape index (κ3) is 2.69. The zero-order valence-corrected chi connectivity index (χ0v) is 10.5. The molecular formula is C14H13NO5. The fourth-order valence-corrected chi connectivity index (χ4v) is 2.00. The minimum absolute atomic E-state index is 0.00795.